The third kappa shape index (κ3) is 6.40. The average Bonchev–Trinajstić information content (AvgIpc) is 2.63. The van der Waals surface area contributed by atoms with Crippen LogP contribution in [0.25, 0.3) is 0 Å². The molecule has 0 unspecified atom stereocenters. The van der Waals surface area contributed by atoms with E-state index in [9.17, 15) is 14.0 Å². The smallest absolute Gasteiger partial charge is 0.265 e. The zero-order valence-electron chi connectivity index (χ0n) is 13.1. The first-order chi connectivity index (χ1) is 12.1. The fourth-order valence-electron chi connectivity index (χ4n) is 1.74. The molecule has 0 heterocycles. The van der Waals surface area contributed by atoms with Crippen molar-refractivity contribution in [2.24, 2.45) is 5.10 Å². The number of nitrogens with one attached hydrogen (secondary N) is 2. The number of hydrogen-bond donors (Lipinski definition) is 3. The van der Waals surface area contributed by atoms with E-state index in [0.717, 1.165) is 0 Å². The molecule has 130 valence electrons. The van der Waals surface area contributed by atoms with Gasteiger partial charge in [0.05, 0.1) is 6.21 Å². The Morgan fingerprint density at radius 2 is 1.76 bits per heavy atom. The van der Waals surface area contributed by atoms with Crippen molar-refractivity contribution in [3.05, 3.63) is 59.9 Å². The van der Waals surface area contributed by atoms with Gasteiger partial charge in [-0.2, -0.15) is 5.10 Å². The Balaban J connectivity index is 1.79. The van der Waals surface area contributed by atoms with Crippen LogP contribution in [0, 0.1) is 5.82 Å². The molecule has 2 aromatic rings. The number of carbonyl (C=O) groups excluding carboxylic acids is 2. The number of amides is 2. The maximum atomic E-state index is 12.8. The minimum Gasteiger partial charge on any atom is -0.484 e. The van der Waals surface area contributed by atoms with Crippen LogP contribution in [0.15, 0.2) is 53.6 Å². The maximum absolute atomic E-state index is 12.8. The molecule has 0 fully saturated rings. The highest BCUT2D eigenvalue weighted by molar-refractivity contribution is 5.91. The first-order valence-electron chi connectivity index (χ1n) is 7.28. The third-order valence-corrected chi connectivity index (χ3v) is 2.92. The van der Waals surface area contributed by atoms with Crippen molar-refractivity contribution in [3.8, 4) is 5.75 Å². The predicted octanol–water partition coefficient (Wildman–Crippen LogP) is 1.29. The van der Waals surface area contributed by atoms with Crippen molar-refractivity contribution < 1.29 is 23.8 Å². The summed E-state index contributed by atoms with van der Waals surface area (Å²) in [6.45, 7) is -0.832. The van der Waals surface area contributed by atoms with Gasteiger partial charge in [-0.1, -0.05) is 0 Å². The monoisotopic (exact) mass is 345 g/mol. The summed E-state index contributed by atoms with van der Waals surface area (Å²) in [6.07, 6.45) is 1.40. The van der Waals surface area contributed by atoms with E-state index < -0.39 is 12.5 Å². The Morgan fingerprint density at radius 3 is 2.40 bits per heavy atom. The minimum atomic E-state index is -0.635. The van der Waals surface area contributed by atoms with Gasteiger partial charge >= 0.3 is 0 Å². The van der Waals surface area contributed by atoms with Crippen LogP contribution < -0.4 is 15.5 Å². The number of benzene rings is 2. The van der Waals surface area contributed by atoms with Crippen molar-refractivity contribution in [1.29, 1.82) is 0 Å². The molecule has 0 spiro atoms. The fourth-order valence-corrected chi connectivity index (χ4v) is 1.74. The van der Waals surface area contributed by atoms with E-state index in [0.29, 0.717) is 17.0 Å². The molecular formula is C17H16FN3O4. The van der Waals surface area contributed by atoms with Gasteiger partial charge in [0.1, 0.15) is 18.2 Å². The largest absolute Gasteiger partial charge is 0.484 e. The molecule has 0 saturated carbocycles. The molecule has 0 aromatic heterocycles. The SMILES string of the molecule is O=C(CO)NN=Cc1ccc(OCC(=O)Nc2ccc(F)cc2)cc1. The van der Waals surface area contributed by atoms with Gasteiger partial charge in [0.15, 0.2) is 6.61 Å². The number of nitrogens with zero attached hydrogens (tertiary/aromatic N) is 1. The Labute approximate surface area is 143 Å². The second-order valence-corrected chi connectivity index (χ2v) is 4.86. The summed E-state index contributed by atoms with van der Waals surface area (Å²) in [7, 11) is 0. The zero-order valence-corrected chi connectivity index (χ0v) is 13.1. The number of carbonyl (C=O) groups is 2. The van der Waals surface area contributed by atoms with Crippen LogP contribution in [0.1, 0.15) is 5.56 Å². The molecule has 0 aliphatic carbocycles. The van der Waals surface area contributed by atoms with E-state index in [-0.39, 0.29) is 18.3 Å². The number of rotatable bonds is 7. The number of aliphatic hydroxyl groups excluding tert-OH is 1. The highest BCUT2D eigenvalue weighted by Crippen LogP contribution is 2.12. The van der Waals surface area contributed by atoms with Gasteiger partial charge in [0, 0.05) is 5.69 Å². The molecule has 7 nitrogen and oxygen atoms in total. The lowest BCUT2D eigenvalue weighted by Gasteiger charge is -2.07. The van der Waals surface area contributed by atoms with E-state index >= 15 is 0 Å². The topological polar surface area (TPSA) is 100 Å². The average molecular weight is 345 g/mol. The summed E-state index contributed by atoms with van der Waals surface area (Å²) in [5, 5.41) is 14.8. The van der Waals surface area contributed by atoms with Gasteiger partial charge in [-0.3, -0.25) is 9.59 Å². The summed E-state index contributed by atoms with van der Waals surface area (Å²) in [5.41, 5.74) is 3.31. The van der Waals surface area contributed by atoms with Crippen molar-refractivity contribution in [1.82, 2.24) is 5.43 Å². The number of hydrazone groups is 1. The van der Waals surface area contributed by atoms with Crippen molar-refractivity contribution >= 4 is 23.7 Å². The van der Waals surface area contributed by atoms with Crippen LogP contribution in [-0.4, -0.2) is 36.3 Å². The Kier molecular flexibility index (Phi) is 6.61. The third-order valence-electron chi connectivity index (χ3n) is 2.92. The number of halogens is 1. The molecular weight excluding hydrogens is 329 g/mol. The maximum Gasteiger partial charge on any atom is 0.265 e. The summed E-state index contributed by atoms with van der Waals surface area (Å²) >= 11 is 0. The number of hydrogen-bond acceptors (Lipinski definition) is 5. The predicted molar refractivity (Wildman–Crippen MR) is 89.8 cm³/mol. The van der Waals surface area contributed by atoms with Crippen LogP contribution in [-0.2, 0) is 9.59 Å². The standard InChI is InChI=1S/C17H16FN3O4/c18-13-3-5-14(6-4-13)20-17(24)11-25-15-7-1-12(2-8-15)9-19-21-16(23)10-22/h1-9,22H,10-11H2,(H,20,24)(H,21,23). The molecule has 2 aromatic carbocycles. The number of ether oxygens (including phenoxy) is 1. The van der Waals surface area contributed by atoms with E-state index in [1.807, 2.05) is 0 Å². The van der Waals surface area contributed by atoms with Gasteiger partial charge in [0.2, 0.25) is 0 Å². The summed E-state index contributed by atoms with van der Waals surface area (Å²) < 4.78 is 18.1. The molecule has 25 heavy (non-hydrogen) atoms. The second-order valence-electron chi connectivity index (χ2n) is 4.86. The molecule has 8 heteroatoms. The van der Waals surface area contributed by atoms with Crippen LogP contribution in [0.3, 0.4) is 0 Å². The second kappa shape index (κ2) is 9.14. The first-order valence-corrected chi connectivity index (χ1v) is 7.28. The van der Waals surface area contributed by atoms with Crippen molar-refractivity contribution in [2.75, 3.05) is 18.5 Å². The molecule has 3 N–H and O–H groups in total. The molecule has 0 atom stereocenters. The van der Waals surface area contributed by atoms with Crippen LogP contribution in [0.2, 0.25) is 0 Å². The molecule has 0 aliphatic heterocycles. The van der Waals surface area contributed by atoms with Gasteiger partial charge < -0.3 is 15.2 Å². The lowest BCUT2D eigenvalue weighted by atomic mass is 10.2. The highest BCUT2D eigenvalue weighted by atomic mass is 19.1. The van der Waals surface area contributed by atoms with Crippen molar-refractivity contribution in [3.63, 3.8) is 0 Å². The number of aliphatic hydroxyl groups is 1. The van der Waals surface area contributed by atoms with E-state index in [4.69, 9.17) is 9.84 Å². The number of anilines is 1. The molecule has 0 bridgehead atoms. The lowest BCUT2D eigenvalue weighted by molar-refractivity contribution is -0.123. The van der Waals surface area contributed by atoms with Gasteiger partial charge in [-0.05, 0) is 54.1 Å². The Hall–Kier alpha value is -3.26. The molecule has 2 rings (SSSR count). The van der Waals surface area contributed by atoms with Gasteiger partial charge in [-0.15, -0.1) is 0 Å². The van der Waals surface area contributed by atoms with Crippen molar-refractivity contribution in [2.45, 2.75) is 0 Å². The summed E-state index contributed by atoms with van der Waals surface area (Å²) in [5.74, 6) is -0.882. The fraction of sp³-hybridized carbons (Fsp3) is 0.118. The summed E-state index contributed by atoms with van der Waals surface area (Å²) in [4.78, 5) is 22.6. The van der Waals surface area contributed by atoms with Crippen LogP contribution in [0.4, 0.5) is 10.1 Å². The van der Waals surface area contributed by atoms with Gasteiger partial charge in [-0.25, -0.2) is 9.82 Å². The zero-order chi connectivity index (χ0) is 18.1. The first kappa shape index (κ1) is 18.1. The highest BCUT2D eigenvalue weighted by Gasteiger charge is 2.04. The lowest BCUT2D eigenvalue weighted by Crippen LogP contribution is -2.20. The quantitative estimate of drug-likeness (QED) is 0.520. The van der Waals surface area contributed by atoms with Crippen LogP contribution in [0.5, 0.6) is 5.75 Å². The normalized spacial score (nSPS) is 10.5. The summed E-state index contributed by atoms with van der Waals surface area (Å²) in [6, 6.07) is 12.1. The minimum absolute atomic E-state index is 0.197. The van der Waals surface area contributed by atoms with E-state index in [2.05, 4.69) is 15.8 Å². The van der Waals surface area contributed by atoms with Gasteiger partial charge in [0.25, 0.3) is 11.8 Å². The van der Waals surface area contributed by atoms with E-state index in [1.54, 1.807) is 24.3 Å². The van der Waals surface area contributed by atoms with E-state index in [1.165, 1.54) is 30.5 Å². The molecule has 0 saturated heterocycles. The molecule has 0 radical (unpaired) electrons. The Bertz CT molecular complexity index is 745. The molecule has 0 aliphatic rings. The van der Waals surface area contributed by atoms with Crippen LogP contribution >= 0.6 is 0 Å². The molecule has 2 amide bonds. The Morgan fingerprint density at radius 1 is 1.08 bits per heavy atom.